The molecule has 4 atom stereocenters. The first-order valence-electron chi connectivity index (χ1n) is 20.7. The van der Waals surface area contributed by atoms with E-state index in [1.807, 2.05) is 55.1 Å². The molecule has 6 aromatic rings. The number of nitrogens with zero attached hydrogens (tertiary/aromatic N) is 4. The third-order valence-electron chi connectivity index (χ3n) is 12.2. The summed E-state index contributed by atoms with van der Waals surface area (Å²) in [4.78, 5) is 72.5. The van der Waals surface area contributed by atoms with Crippen molar-refractivity contribution in [2.45, 2.75) is 70.3 Å². The van der Waals surface area contributed by atoms with Crippen LogP contribution in [-0.2, 0) is 25.7 Å². The highest BCUT2D eigenvalue weighted by atomic mass is 16.5. The van der Waals surface area contributed by atoms with Crippen molar-refractivity contribution < 1.29 is 33.4 Å². The van der Waals surface area contributed by atoms with Crippen molar-refractivity contribution in [3.05, 3.63) is 102 Å². The van der Waals surface area contributed by atoms with Gasteiger partial charge in [-0.1, -0.05) is 62.4 Å². The number of alkyl carbamates (subject to hydrolysis) is 2. The summed E-state index contributed by atoms with van der Waals surface area (Å²) >= 11 is 0. The zero-order valence-electron chi connectivity index (χ0n) is 34.5. The van der Waals surface area contributed by atoms with Crippen molar-refractivity contribution in [1.29, 1.82) is 0 Å². The number of carbonyl (C=O) groups excluding carboxylic acids is 4. The molecular formula is C46H48N8O7. The average Bonchev–Trinajstić information content (AvgIpc) is 4.13. The van der Waals surface area contributed by atoms with Gasteiger partial charge in [-0.3, -0.25) is 9.59 Å². The van der Waals surface area contributed by atoms with Gasteiger partial charge in [0.05, 0.1) is 49.2 Å². The van der Waals surface area contributed by atoms with E-state index in [0.717, 1.165) is 81.2 Å². The number of hydrogen-bond acceptors (Lipinski definition) is 9. The second-order valence-corrected chi connectivity index (χ2v) is 16.2. The predicted octanol–water partition coefficient (Wildman–Crippen LogP) is 7.47. The molecular weight excluding hydrogens is 777 g/mol. The summed E-state index contributed by atoms with van der Waals surface area (Å²) in [6, 6.07) is 21.6. The molecule has 3 aliphatic rings. The number of aromatic nitrogens is 4. The quantitative estimate of drug-likeness (QED) is 0.115. The Balaban J connectivity index is 0.959. The van der Waals surface area contributed by atoms with E-state index in [2.05, 4.69) is 57.0 Å². The molecule has 61 heavy (non-hydrogen) atoms. The van der Waals surface area contributed by atoms with Gasteiger partial charge < -0.3 is 44.6 Å². The van der Waals surface area contributed by atoms with E-state index in [0.29, 0.717) is 36.9 Å². The maximum absolute atomic E-state index is 14.1. The molecule has 1 unspecified atom stereocenters. The minimum Gasteiger partial charge on any atom is -0.488 e. The van der Waals surface area contributed by atoms with Crippen LogP contribution < -0.4 is 15.4 Å². The summed E-state index contributed by atoms with van der Waals surface area (Å²) in [7, 11) is 2.57. The Morgan fingerprint density at radius 2 is 1.52 bits per heavy atom. The second-order valence-electron chi connectivity index (χ2n) is 16.2. The lowest BCUT2D eigenvalue weighted by molar-refractivity contribution is -0.135. The SMILES string of the molecule is COC(=O)NC(C(=O)N1CCC[C@H]1c1nc2c(ccc3cc4c(cc32)OCc2cc(-c3cnc([C@@H]5CCCN5C(=O)[C@@H](NC(=O)OC)C(C)C)[nH]3)ccc2-4)[nH]1)c1ccccc1. The summed E-state index contributed by atoms with van der Waals surface area (Å²) in [6.45, 7) is 5.29. The summed E-state index contributed by atoms with van der Waals surface area (Å²) in [5.41, 5.74) is 7.22. The van der Waals surface area contributed by atoms with Gasteiger partial charge in [0.25, 0.3) is 5.91 Å². The molecule has 0 saturated carbocycles. The zero-order chi connectivity index (χ0) is 42.4. The van der Waals surface area contributed by atoms with Crippen LogP contribution in [0.5, 0.6) is 5.75 Å². The van der Waals surface area contributed by atoms with E-state index in [1.54, 1.807) is 11.1 Å². The van der Waals surface area contributed by atoms with Crippen LogP contribution in [0.1, 0.15) is 80.4 Å². The van der Waals surface area contributed by atoms with Crippen LogP contribution >= 0.6 is 0 Å². The molecule has 5 heterocycles. The van der Waals surface area contributed by atoms with Crippen LogP contribution in [0.2, 0.25) is 0 Å². The van der Waals surface area contributed by atoms with Gasteiger partial charge in [0, 0.05) is 24.0 Å². The fourth-order valence-corrected chi connectivity index (χ4v) is 9.07. The molecule has 0 spiro atoms. The molecule has 9 rings (SSSR count). The number of hydrogen-bond donors (Lipinski definition) is 4. The molecule has 2 fully saturated rings. The van der Waals surface area contributed by atoms with Crippen LogP contribution in [0, 0.1) is 5.92 Å². The molecule has 0 radical (unpaired) electrons. The van der Waals surface area contributed by atoms with Crippen molar-refractivity contribution in [3.8, 4) is 28.1 Å². The maximum atomic E-state index is 14.1. The predicted molar refractivity (Wildman–Crippen MR) is 227 cm³/mol. The van der Waals surface area contributed by atoms with Crippen LogP contribution in [0.4, 0.5) is 9.59 Å². The number of nitrogens with one attached hydrogen (secondary N) is 4. The summed E-state index contributed by atoms with van der Waals surface area (Å²) in [5.74, 6) is 1.67. The minimum atomic E-state index is -0.902. The van der Waals surface area contributed by atoms with Crippen molar-refractivity contribution in [3.63, 3.8) is 0 Å². The van der Waals surface area contributed by atoms with E-state index >= 15 is 0 Å². The van der Waals surface area contributed by atoms with Crippen LogP contribution in [0.25, 0.3) is 44.2 Å². The van der Waals surface area contributed by atoms with Gasteiger partial charge in [-0.15, -0.1) is 0 Å². The Kier molecular flexibility index (Phi) is 10.6. The number of aromatic amines is 2. The van der Waals surface area contributed by atoms with Crippen molar-refractivity contribution in [1.82, 2.24) is 40.4 Å². The van der Waals surface area contributed by atoms with Gasteiger partial charge in [-0.25, -0.2) is 19.6 Å². The number of methoxy groups -OCH3 is 2. The molecule has 2 aromatic heterocycles. The third kappa shape index (κ3) is 7.38. The molecule has 0 bridgehead atoms. The van der Waals surface area contributed by atoms with Crippen molar-refractivity contribution in [2.75, 3.05) is 27.3 Å². The Labute approximate surface area is 352 Å². The maximum Gasteiger partial charge on any atom is 0.407 e. The van der Waals surface area contributed by atoms with E-state index < -0.39 is 24.3 Å². The van der Waals surface area contributed by atoms with E-state index in [-0.39, 0.29) is 29.8 Å². The first kappa shape index (κ1) is 39.6. The van der Waals surface area contributed by atoms with Crippen LogP contribution in [0.3, 0.4) is 0 Å². The first-order valence-corrected chi connectivity index (χ1v) is 20.7. The molecule has 4 amide bonds. The molecule has 15 heteroatoms. The number of amides is 4. The lowest BCUT2D eigenvalue weighted by Crippen LogP contribution is -2.51. The van der Waals surface area contributed by atoms with Crippen molar-refractivity contribution >= 4 is 45.8 Å². The molecule has 4 N–H and O–H groups in total. The largest absolute Gasteiger partial charge is 0.488 e. The molecule has 3 aliphatic heterocycles. The van der Waals surface area contributed by atoms with Gasteiger partial charge in [0.15, 0.2) is 0 Å². The number of likely N-dealkylation sites (tertiary alicyclic amines) is 2. The minimum absolute atomic E-state index is 0.120. The fourth-order valence-electron chi connectivity index (χ4n) is 9.07. The molecule has 314 valence electrons. The van der Waals surface area contributed by atoms with Crippen molar-refractivity contribution in [2.24, 2.45) is 5.92 Å². The summed E-state index contributed by atoms with van der Waals surface area (Å²) in [6.07, 6.45) is 3.63. The monoisotopic (exact) mass is 824 g/mol. The molecule has 0 aliphatic carbocycles. The molecule has 2 saturated heterocycles. The van der Waals surface area contributed by atoms with Crippen LogP contribution in [0.15, 0.2) is 79.0 Å². The lowest BCUT2D eigenvalue weighted by atomic mass is 9.92. The summed E-state index contributed by atoms with van der Waals surface area (Å²) < 4.78 is 16.1. The first-order chi connectivity index (χ1) is 29.6. The average molecular weight is 825 g/mol. The number of carbonyl (C=O) groups is 4. The third-order valence-corrected chi connectivity index (χ3v) is 12.2. The Morgan fingerprint density at radius 1 is 0.803 bits per heavy atom. The zero-order valence-corrected chi connectivity index (χ0v) is 34.5. The van der Waals surface area contributed by atoms with E-state index in [4.69, 9.17) is 24.2 Å². The fraction of sp³-hybridized carbons (Fsp3) is 0.348. The number of rotatable bonds is 9. The standard InChI is InChI=1S/C46H48N8O7/c1-25(2)38(51-45(57)59-3)43(55)53-18-8-12-35(53)41-47-23-34(49-41)28-14-16-30-29(20-28)24-61-37-22-31-27(21-32(30)37)15-17-33-40(31)50-42(48-33)36-13-9-19-54(36)44(56)39(52-46(58)60-4)26-10-6-5-7-11-26/h5-7,10-11,14-17,20-23,25,35-36,38-39H,8-9,12-13,18-19,24H2,1-4H3,(H,47,49)(H,48,50)(H,51,57)(H,52,58)/t35-,36-,38-,39?/m0/s1. The highest BCUT2D eigenvalue weighted by Crippen LogP contribution is 2.43. The normalized spacial score (nSPS) is 18.0. The van der Waals surface area contributed by atoms with Gasteiger partial charge in [0.2, 0.25) is 5.91 Å². The highest BCUT2D eigenvalue weighted by Gasteiger charge is 2.39. The topological polar surface area (TPSA) is 184 Å². The Bertz CT molecular complexity index is 2660. The second kappa shape index (κ2) is 16.3. The molecule has 15 nitrogen and oxygen atoms in total. The number of fused-ring (bicyclic) bond motifs is 6. The van der Waals surface area contributed by atoms with E-state index in [9.17, 15) is 19.2 Å². The number of H-pyrrole nitrogens is 2. The molecule has 4 aromatic carbocycles. The van der Waals surface area contributed by atoms with Gasteiger partial charge in [-0.05, 0) is 83.5 Å². The summed E-state index contributed by atoms with van der Waals surface area (Å²) in [5, 5.41) is 7.38. The smallest absolute Gasteiger partial charge is 0.407 e. The highest BCUT2D eigenvalue weighted by molar-refractivity contribution is 6.07. The van der Waals surface area contributed by atoms with Gasteiger partial charge >= 0.3 is 12.2 Å². The van der Waals surface area contributed by atoms with E-state index in [1.165, 1.54) is 14.2 Å². The number of imidazole rings is 2. The number of benzene rings is 4. The Hall–Kier alpha value is -6.90. The lowest BCUT2D eigenvalue weighted by Gasteiger charge is -2.30. The Morgan fingerprint density at radius 3 is 2.26 bits per heavy atom. The van der Waals surface area contributed by atoms with Gasteiger partial charge in [-0.2, -0.15) is 0 Å². The number of ether oxygens (including phenoxy) is 3. The van der Waals surface area contributed by atoms with Gasteiger partial charge in [0.1, 0.15) is 36.1 Å². The van der Waals surface area contributed by atoms with Crippen LogP contribution in [-0.4, -0.2) is 87.1 Å².